The van der Waals surface area contributed by atoms with Gasteiger partial charge in [0.15, 0.2) is 0 Å². The fourth-order valence-corrected chi connectivity index (χ4v) is 2.03. The molecule has 0 saturated carbocycles. The molecular formula is C14H15N3O. The van der Waals surface area contributed by atoms with E-state index in [0.29, 0.717) is 0 Å². The summed E-state index contributed by atoms with van der Waals surface area (Å²) in [6.45, 7) is 4.03. The molecule has 0 amide bonds. The normalized spacial score (nSPS) is 12.8. The zero-order valence-corrected chi connectivity index (χ0v) is 10.4. The molecule has 0 aliphatic heterocycles. The number of H-pyrrole nitrogens is 1. The van der Waals surface area contributed by atoms with E-state index in [-0.39, 0.29) is 6.04 Å². The lowest BCUT2D eigenvalue weighted by atomic mass is 10.2. The van der Waals surface area contributed by atoms with Crippen molar-refractivity contribution in [3.8, 4) is 0 Å². The van der Waals surface area contributed by atoms with Crippen LogP contribution in [0.25, 0.3) is 10.9 Å². The number of hydrogen-bond donors (Lipinski definition) is 2. The van der Waals surface area contributed by atoms with Gasteiger partial charge in [-0.2, -0.15) is 5.10 Å². The number of rotatable bonds is 3. The Morgan fingerprint density at radius 2 is 2.17 bits per heavy atom. The molecule has 18 heavy (non-hydrogen) atoms. The predicted molar refractivity (Wildman–Crippen MR) is 71.6 cm³/mol. The summed E-state index contributed by atoms with van der Waals surface area (Å²) in [7, 11) is 0. The Balaban J connectivity index is 1.83. The van der Waals surface area contributed by atoms with Crippen LogP contribution in [0.2, 0.25) is 0 Å². The number of hydrogen-bond acceptors (Lipinski definition) is 3. The smallest absolute Gasteiger partial charge is 0.126 e. The van der Waals surface area contributed by atoms with Gasteiger partial charge in [0, 0.05) is 11.1 Å². The van der Waals surface area contributed by atoms with Gasteiger partial charge in [0.25, 0.3) is 0 Å². The van der Waals surface area contributed by atoms with Crippen LogP contribution >= 0.6 is 0 Å². The minimum Gasteiger partial charge on any atom is -0.464 e. The van der Waals surface area contributed by atoms with Crippen molar-refractivity contribution in [2.24, 2.45) is 0 Å². The van der Waals surface area contributed by atoms with E-state index in [1.54, 1.807) is 0 Å². The molecular weight excluding hydrogens is 226 g/mol. The molecule has 4 heteroatoms. The highest BCUT2D eigenvalue weighted by molar-refractivity contribution is 5.81. The topological polar surface area (TPSA) is 53.9 Å². The Bertz CT molecular complexity index is 668. The van der Waals surface area contributed by atoms with Crippen LogP contribution in [0.3, 0.4) is 0 Å². The van der Waals surface area contributed by atoms with Crippen molar-refractivity contribution >= 4 is 16.6 Å². The molecule has 0 fully saturated rings. The standard InChI is InChI=1S/C14H15N3O/c1-9-3-6-14(18-9)10(2)16-12-5-4-11-8-15-17-13(11)7-12/h3-8,10,16H,1-2H3,(H,15,17). The third-order valence-corrected chi connectivity index (χ3v) is 3.01. The molecule has 0 bridgehead atoms. The Kier molecular flexibility index (Phi) is 2.55. The second-order valence-electron chi connectivity index (χ2n) is 4.49. The van der Waals surface area contributed by atoms with Gasteiger partial charge in [0.05, 0.1) is 17.8 Å². The molecule has 0 aliphatic carbocycles. The van der Waals surface area contributed by atoms with Gasteiger partial charge < -0.3 is 9.73 Å². The first kappa shape index (κ1) is 10.9. The van der Waals surface area contributed by atoms with Crippen molar-refractivity contribution < 1.29 is 4.42 Å². The van der Waals surface area contributed by atoms with Crippen LogP contribution in [0, 0.1) is 6.92 Å². The monoisotopic (exact) mass is 241 g/mol. The van der Waals surface area contributed by atoms with Gasteiger partial charge in [-0.3, -0.25) is 5.10 Å². The van der Waals surface area contributed by atoms with E-state index in [9.17, 15) is 0 Å². The van der Waals surface area contributed by atoms with Gasteiger partial charge >= 0.3 is 0 Å². The largest absolute Gasteiger partial charge is 0.464 e. The van der Waals surface area contributed by atoms with E-state index in [1.807, 2.05) is 37.4 Å². The summed E-state index contributed by atoms with van der Waals surface area (Å²) in [6, 6.07) is 10.3. The molecule has 3 rings (SSSR count). The number of anilines is 1. The lowest BCUT2D eigenvalue weighted by molar-refractivity contribution is 0.467. The van der Waals surface area contributed by atoms with Gasteiger partial charge in [0.2, 0.25) is 0 Å². The van der Waals surface area contributed by atoms with Crippen molar-refractivity contribution in [2.45, 2.75) is 19.9 Å². The van der Waals surface area contributed by atoms with Crippen molar-refractivity contribution in [2.75, 3.05) is 5.32 Å². The molecule has 1 unspecified atom stereocenters. The zero-order chi connectivity index (χ0) is 12.5. The lowest BCUT2D eigenvalue weighted by Crippen LogP contribution is -2.05. The highest BCUT2D eigenvalue weighted by Crippen LogP contribution is 2.23. The number of aromatic amines is 1. The van der Waals surface area contributed by atoms with Gasteiger partial charge in [-0.1, -0.05) is 0 Å². The average molecular weight is 241 g/mol. The average Bonchev–Trinajstić information content (AvgIpc) is 2.96. The number of aromatic nitrogens is 2. The minimum atomic E-state index is 0.138. The molecule has 2 aromatic heterocycles. The quantitative estimate of drug-likeness (QED) is 0.736. The van der Waals surface area contributed by atoms with E-state index in [0.717, 1.165) is 28.1 Å². The van der Waals surface area contributed by atoms with Crippen LogP contribution in [0.1, 0.15) is 24.5 Å². The molecule has 92 valence electrons. The maximum Gasteiger partial charge on any atom is 0.126 e. The van der Waals surface area contributed by atoms with Crippen molar-refractivity contribution in [3.05, 3.63) is 48.0 Å². The fraction of sp³-hybridized carbons (Fsp3) is 0.214. The van der Waals surface area contributed by atoms with Crippen LogP contribution in [-0.2, 0) is 0 Å². The van der Waals surface area contributed by atoms with Gasteiger partial charge in [-0.25, -0.2) is 0 Å². The summed E-state index contributed by atoms with van der Waals surface area (Å²) < 4.78 is 5.61. The second-order valence-corrected chi connectivity index (χ2v) is 4.49. The number of aryl methyl sites for hydroxylation is 1. The Morgan fingerprint density at radius 3 is 2.94 bits per heavy atom. The lowest BCUT2D eigenvalue weighted by Gasteiger charge is -2.12. The summed E-state index contributed by atoms with van der Waals surface area (Å²) in [5, 5.41) is 11.5. The van der Waals surface area contributed by atoms with Gasteiger partial charge in [-0.05, 0) is 44.2 Å². The number of furan rings is 1. The number of benzene rings is 1. The third-order valence-electron chi connectivity index (χ3n) is 3.01. The van der Waals surface area contributed by atoms with Crippen LogP contribution in [0.4, 0.5) is 5.69 Å². The first-order valence-electron chi connectivity index (χ1n) is 5.98. The maximum absolute atomic E-state index is 5.61. The molecule has 3 aromatic rings. The van der Waals surface area contributed by atoms with Crippen LogP contribution < -0.4 is 5.32 Å². The van der Waals surface area contributed by atoms with Crippen molar-refractivity contribution in [3.63, 3.8) is 0 Å². The molecule has 0 saturated heterocycles. The van der Waals surface area contributed by atoms with E-state index in [4.69, 9.17) is 4.42 Å². The van der Waals surface area contributed by atoms with E-state index in [1.165, 1.54) is 0 Å². The summed E-state index contributed by atoms with van der Waals surface area (Å²) in [5.41, 5.74) is 2.08. The van der Waals surface area contributed by atoms with E-state index < -0.39 is 0 Å². The minimum absolute atomic E-state index is 0.138. The highest BCUT2D eigenvalue weighted by Gasteiger charge is 2.09. The third kappa shape index (κ3) is 1.97. The Hall–Kier alpha value is -2.23. The fourth-order valence-electron chi connectivity index (χ4n) is 2.03. The van der Waals surface area contributed by atoms with Crippen LogP contribution in [0.5, 0.6) is 0 Å². The first-order valence-corrected chi connectivity index (χ1v) is 5.98. The summed E-state index contributed by atoms with van der Waals surface area (Å²) in [6.07, 6.45) is 1.82. The second kappa shape index (κ2) is 4.22. The van der Waals surface area contributed by atoms with Crippen LogP contribution in [0.15, 0.2) is 40.9 Å². The molecule has 1 aromatic carbocycles. The van der Waals surface area contributed by atoms with E-state index >= 15 is 0 Å². The van der Waals surface area contributed by atoms with Crippen molar-refractivity contribution in [1.29, 1.82) is 0 Å². The predicted octanol–water partition coefficient (Wildman–Crippen LogP) is 3.64. The molecule has 1 atom stereocenters. The summed E-state index contributed by atoms with van der Waals surface area (Å²) in [5.74, 6) is 1.87. The maximum atomic E-state index is 5.61. The Labute approximate surface area is 105 Å². The molecule has 0 aliphatic rings. The van der Waals surface area contributed by atoms with Gasteiger partial charge in [0.1, 0.15) is 11.5 Å². The highest BCUT2D eigenvalue weighted by atomic mass is 16.3. The Morgan fingerprint density at radius 1 is 1.28 bits per heavy atom. The molecule has 0 radical (unpaired) electrons. The molecule has 0 spiro atoms. The summed E-state index contributed by atoms with van der Waals surface area (Å²) >= 11 is 0. The first-order chi connectivity index (χ1) is 8.72. The van der Waals surface area contributed by atoms with Crippen molar-refractivity contribution in [1.82, 2.24) is 10.2 Å². The van der Waals surface area contributed by atoms with E-state index in [2.05, 4.69) is 28.5 Å². The van der Waals surface area contributed by atoms with Gasteiger partial charge in [-0.15, -0.1) is 0 Å². The molecule has 2 heterocycles. The SMILES string of the molecule is Cc1ccc(C(C)Nc2ccc3cn[nH]c3c2)o1. The number of fused-ring (bicyclic) bond motifs is 1. The molecule has 2 N–H and O–H groups in total. The summed E-state index contributed by atoms with van der Waals surface area (Å²) in [4.78, 5) is 0. The molecule has 4 nitrogen and oxygen atoms in total. The zero-order valence-electron chi connectivity index (χ0n) is 10.4. The number of nitrogens with one attached hydrogen (secondary N) is 2. The number of nitrogens with zero attached hydrogens (tertiary/aromatic N) is 1. The van der Waals surface area contributed by atoms with Crippen LogP contribution in [-0.4, -0.2) is 10.2 Å².